The van der Waals surface area contributed by atoms with E-state index in [1.165, 1.54) is 0 Å². The molecule has 14 heavy (non-hydrogen) atoms. The third-order valence-electron chi connectivity index (χ3n) is 2.89. The maximum atomic E-state index is 5.63. The quantitative estimate of drug-likeness (QED) is 0.746. The summed E-state index contributed by atoms with van der Waals surface area (Å²) in [5.74, 6) is 0.829. The Balaban J connectivity index is 2.20. The van der Waals surface area contributed by atoms with E-state index < -0.39 is 0 Å². The fourth-order valence-corrected chi connectivity index (χ4v) is 1.60. The third-order valence-corrected chi connectivity index (χ3v) is 2.89. The van der Waals surface area contributed by atoms with Crippen LogP contribution in [-0.4, -0.2) is 29.1 Å². The Labute approximate surface area is 84.2 Å². The summed E-state index contributed by atoms with van der Waals surface area (Å²) in [5, 5.41) is 0. The molecule has 2 heterocycles. The van der Waals surface area contributed by atoms with Crippen LogP contribution in [0, 0.1) is 13.8 Å². The summed E-state index contributed by atoms with van der Waals surface area (Å²) in [6.07, 6.45) is 3.04. The molecule has 4 nitrogen and oxygen atoms in total. The van der Waals surface area contributed by atoms with Crippen molar-refractivity contribution >= 4 is 5.95 Å². The fraction of sp³-hybridized carbons (Fsp3) is 0.600. The van der Waals surface area contributed by atoms with Gasteiger partial charge in [0.1, 0.15) is 0 Å². The predicted octanol–water partition coefficient (Wildman–Crippen LogP) is 0.631. The highest BCUT2D eigenvalue weighted by molar-refractivity contribution is 5.37. The van der Waals surface area contributed by atoms with Crippen LogP contribution in [-0.2, 0) is 0 Å². The zero-order valence-corrected chi connectivity index (χ0v) is 8.70. The predicted molar refractivity (Wildman–Crippen MR) is 56.3 cm³/mol. The molecule has 4 heteroatoms. The zero-order chi connectivity index (χ0) is 10.1. The van der Waals surface area contributed by atoms with Crippen molar-refractivity contribution in [3.8, 4) is 0 Å². The summed E-state index contributed by atoms with van der Waals surface area (Å²) in [5.41, 5.74) is 7.82. The first kappa shape index (κ1) is 9.40. The standard InChI is InChI=1S/C10H16N4/c1-7-6-12-10(13-8(7)2)14-4-3-9(14)5-11/h6,9H,3-5,11H2,1-2H3. The van der Waals surface area contributed by atoms with Gasteiger partial charge in [0.05, 0.1) is 0 Å². The van der Waals surface area contributed by atoms with Gasteiger partial charge in [-0.3, -0.25) is 0 Å². The SMILES string of the molecule is Cc1cnc(N2CCC2CN)nc1C. The maximum Gasteiger partial charge on any atom is 0.225 e. The van der Waals surface area contributed by atoms with Crippen LogP contribution in [0.5, 0.6) is 0 Å². The lowest BCUT2D eigenvalue weighted by Crippen LogP contribution is -2.52. The Bertz CT molecular complexity index is 335. The van der Waals surface area contributed by atoms with E-state index in [1.807, 2.05) is 20.0 Å². The second kappa shape index (κ2) is 3.53. The molecule has 0 spiro atoms. The molecule has 2 rings (SSSR count). The number of hydrogen-bond acceptors (Lipinski definition) is 4. The second-order valence-corrected chi connectivity index (χ2v) is 3.81. The molecule has 0 saturated carbocycles. The summed E-state index contributed by atoms with van der Waals surface area (Å²) in [6.45, 7) is 5.76. The molecule has 1 aliphatic heterocycles. The van der Waals surface area contributed by atoms with Crippen LogP contribution >= 0.6 is 0 Å². The summed E-state index contributed by atoms with van der Waals surface area (Å²) in [6, 6.07) is 0.442. The van der Waals surface area contributed by atoms with Gasteiger partial charge in [0, 0.05) is 31.0 Å². The summed E-state index contributed by atoms with van der Waals surface area (Å²) in [7, 11) is 0. The Morgan fingerprint density at radius 3 is 2.86 bits per heavy atom. The fourth-order valence-electron chi connectivity index (χ4n) is 1.60. The molecule has 1 saturated heterocycles. The highest BCUT2D eigenvalue weighted by atomic mass is 15.3. The van der Waals surface area contributed by atoms with Gasteiger partial charge >= 0.3 is 0 Å². The third kappa shape index (κ3) is 1.46. The highest BCUT2D eigenvalue weighted by Gasteiger charge is 2.28. The molecule has 1 unspecified atom stereocenters. The van der Waals surface area contributed by atoms with Crippen molar-refractivity contribution in [2.24, 2.45) is 5.73 Å². The largest absolute Gasteiger partial charge is 0.336 e. The Morgan fingerprint density at radius 1 is 1.57 bits per heavy atom. The van der Waals surface area contributed by atoms with E-state index in [-0.39, 0.29) is 0 Å². The van der Waals surface area contributed by atoms with Gasteiger partial charge in [0.2, 0.25) is 5.95 Å². The van der Waals surface area contributed by atoms with Gasteiger partial charge in [-0.15, -0.1) is 0 Å². The molecule has 2 N–H and O–H groups in total. The average Bonchev–Trinajstić information content (AvgIpc) is 2.10. The molecule has 0 aromatic carbocycles. The highest BCUT2D eigenvalue weighted by Crippen LogP contribution is 2.22. The minimum Gasteiger partial charge on any atom is -0.336 e. The number of nitrogens with two attached hydrogens (primary N) is 1. The van der Waals surface area contributed by atoms with Crippen molar-refractivity contribution < 1.29 is 0 Å². The summed E-state index contributed by atoms with van der Waals surface area (Å²) in [4.78, 5) is 10.9. The van der Waals surface area contributed by atoms with Gasteiger partial charge in [-0.05, 0) is 25.8 Å². The van der Waals surface area contributed by atoms with E-state index in [0.717, 1.165) is 30.2 Å². The lowest BCUT2D eigenvalue weighted by molar-refractivity contribution is 0.446. The van der Waals surface area contributed by atoms with Crippen molar-refractivity contribution in [3.63, 3.8) is 0 Å². The van der Waals surface area contributed by atoms with E-state index in [1.54, 1.807) is 0 Å². The molecule has 1 aromatic heterocycles. The van der Waals surface area contributed by atoms with Crippen molar-refractivity contribution in [2.75, 3.05) is 18.0 Å². The van der Waals surface area contributed by atoms with Crippen molar-refractivity contribution in [1.82, 2.24) is 9.97 Å². The van der Waals surface area contributed by atoms with Gasteiger partial charge in [-0.1, -0.05) is 0 Å². The molecule has 1 fully saturated rings. The van der Waals surface area contributed by atoms with Crippen LogP contribution in [0.1, 0.15) is 17.7 Å². The summed E-state index contributed by atoms with van der Waals surface area (Å²) >= 11 is 0. The summed E-state index contributed by atoms with van der Waals surface area (Å²) < 4.78 is 0. The first-order valence-electron chi connectivity index (χ1n) is 4.99. The molecule has 1 atom stereocenters. The molecule has 1 aromatic rings. The van der Waals surface area contributed by atoms with Crippen LogP contribution in [0.2, 0.25) is 0 Å². The van der Waals surface area contributed by atoms with Crippen LogP contribution in [0.25, 0.3) is 0 Å². The molecule has 0 amide bonds. The zero-order valence-electron chi connectivity index (χ0n) is 8.70. The average molecular weight is 192 g/mol. The normalized spacial score (nSPS) is 20.8. The van der Waals surface area contributed by atoms with Gasteiger partial charge in [0.15, 0.2) is 0 Å². The van der Waals surface area contributed by atoms with E-state index in [2.05, 4.69) is 14.9 Å². The second-order valence-electron chi connectivity index (χ2n) is 3.81. The van der Waals surface area contributed by atoms with Crippen LogP contribution in [0.15, 0.2) is 6.20 Å². The van der Waals surface area contributed by atoms with Crippen LogP contribution in [0.3, 0.4) is 0 Å². The number of anilines is 1. The smallest absolute Gasteiger partial charge is 0.225 e. The van der Waals surface area contributed by atoms with Crippen LogP contribution in [0.4, 0.5) is 5.95 Å². The molecule has 0 radical (unpaired) electrons. The first-order valence-corrected chi connectivity index (χ1v) is 4.99. The minimum atomic E-state index is 0.442. The van der Waals surface area contributed by atoms with E-state index in [9.17, 15) is 0 Å². The Kier molecular flexibility index (Phi) is 2.37. The van der Waals surface area contributed by atoms with Crippen molar-refractivity contribution in [1.29, 1.82) is 0 Å². The van der Waals surface area contributed by atoms with Crippen molar-refractivity contribution in [3.05, 3.63) is 17.5 Å². The maximum absolute atomic E-state index is 5.63. The van der Waals surface area contributed by atoms with Gasteiger partial charge < -0.3 is 10.6 Å². The molecule has 0 aliphatic carbocycles. The number of nitrogens with zero attached hydrogens (tertiary/aromatic N) is 3. The van der Waals surface area contributed by atoms with E-state index in [4.69, 9.17) is 5.73 Å². The Morgan fingerprint density at radius 2 is 2.36 bits per heavy atom. The molecule has 0 bridgehead atoms. The molecular formula is C10H16N4. The molecular weight excluding hydrogens is 176 g/mol. The van der Waals surface area contributed by atoms with Crippen LogP contribution < -0.4 is 10.6 Å². The van der Waals surface area contributed by atoms with Gasteiger partial charge in [-0.2, -0.15) is 0 Å². The lowest BCUT2D eigenvalue weighted by Gasteiger charge is -2.40. The number of aromatic nitrogens is 2. The molecule has 76 valence electrons. The van der Waals surface area contributed by atoms with Gasteiger partial charge in [0.25, 0.3) is 0 Å². The minimum absolute atomic E-state index is 0.442. The topological polar surface area (TPSA) is 55.0 Å². The lowest BCUT2D eigenvalue weighted by atomic mass is 10.0. The first-order chi connectivity index (χ1) is 6.72. The van der Waals surface area contributed by atoms with E-state index in [0.29, 0.717) is 12.6 Å². The van der Waals surface area contributed by atoms with Gasteiger partial charge in [-0.25, -0.2) is 9.97 Å². The monoisotopic (exact) mass is 192 g/mol. The van der Waals surface area contributed by atoms with Crippen molar-refractivity contribution in [2.45, 2.75) is 26.3 Å². The molecule has 1 aliphatic rings. The number of hydrogen-bond donors (Lipinski definition) is 1. The number of aryl methyl sites for hydroxylation is 2. The van der Waals surface area contributed by atoms with E-state index >= 15 is 0 Å². The number of rotatable bonds is 2. The Hall–Kier alpha value is -1.16.